The summed E-state index contributed by atoms with van der Waals surface area (Å²) >= 11 is 6.97. The fraction of sp³-hybridized carbons (Fsp3) is 0.133. The Morgan fingerprint density at radius 2 is 1.42 bits per heavy atom. The van der Waals surface area contributed by atoms with Gasteiger partial charge in [-0.25, -0.2) is 0 Å². The van der Waals surface area contributed by atoms with Crippen molar-refractivity contribution in [2.75, 3.05) is 0 Å². The number of hydrogen-bond acceptors (Lipinski definition) is 2. The van der Waals surface area contributed by atoms with Crippen molar-refractivity contribution < 1.29 is 0 Å². The van der Waals surface area contributed by atoms with Gasteiger partial charge in [-0.3, -0.25) is 0 Å². The third-order valence-corrected chi connectivity index (χ3v) is 3.87. The number of thiocarbonyl (C=S) groups is 1. The minimum atomic E-state index is 0. The Hall–Kier alpha value is 0.251. The maximum atomic E-state index is 5.30. The second-order valence-corrected chi connectivity index (χ2v) is 5.55. The van der Waals surface area contributed by atoms with E-state index in [1.165, 1.54) is 11.1 Å². The SMILES string of the molecule is S=C(NCc1ccccc1)SCc1ccccc1.[BaH2]. The zero-order valence-electron chi connectivity index (χ0n) is 10.0. The molecule has 2 aromatic rings. The number of nitrogens with one attached hydrogen (secondary N) is 1. The van der Waals surface area contributed by atoms with Crippen LogP contribution in [0.2, 0.25) is 0 Å². The topological polar surface area (TPSA) is 12.0 Å². The van der Waals surface area contributed by atoms with Crippen molar-refractivity contribution >= 4 is 77.2 Å². The van der Waals surface area contributed by atoms with E-state index in [2.05, 4.69) is 41.7 Å². The van der Waals surface area contributed by atoms with Gasteiger partial charge in [-0.1, -0.05) is 84.6 Å². The van der Waals surface area contributed by atoms with Crippen molar-refractivity contribution in [3.05, 3.63) is 71.8 Å². The van der Waals surface area contributed by atoms with E-state index in [9.17, 15) is 0 Å². The van der Waals surface area contributed by atoms with E-state index in [1.807, 2.05) is 24.3 Å². The Balaban J connectivity index is 0.00000180. The molecule has 2 aromatic carbocycles. The monoisotopic (exact) mass is 413 g/mol. The molecule has 0 aliphatic rings. The summed E-state index contributed by atoms with van der Waals surface area (Å²) in [5.74, 6) is 0.918. The van der Waals surface area contributed by atoms with Gasteiger partial charge in [0.2, 0.25) is 0 Å². The summed E-state index contributed by atoms with van der Waals surface area (Å²) in [6.45, 7) is 0.793. The molecule has 0 aromatic heterocycles. The summed E-state index contributed by atoms with van der Waals surface area (Å²) in [6, 6.07) is 20.7. The molecular weight excluding hydrogens is 396 g/mol. The molecule has 0 amide bonds. The Kier molecular flexibility index (Phi) is 9.15. The van der Waals surface area contributed by atoms with Gasteiger partial charge >= 0.3 is 48.9 Å². The summed E-state index contributed by atoms with van der Waals surface area (Å²) in [5.41, 5.74) is 2.55. The third kappa shape index (κ3) is 6.99. The molecule has 0 atom stereocenters. The van der Waals surface area contributed by atoms with Crippen LogP contribution in [-0.2, 0) is 12.3 Å². The van der Waals surface area contributed by atoms with E-state index in [-0.39, 0.29) is 48.9 Å². The molecule has 1 N–H and O–H groups in total. The van der Waals surface area contributed by atoms with Crippen molar-refractivity contribution in [2.45, 2.75) is 12.3 Å². The van der Waals surface area contributed by atoms with Gasteiger partial charge in [-0.15, -0.1) is 0 Å². The first-order valence-electron chi connectivity index (χ1n) is 5.83. The molecule has 0 bridgehead atoms. The van der Waals surface area contributed by atoms with Gasteiger partial charge in [0.25, 0.3) is 0 Å². The normalized spacial score (nSPS) is 9.47. The summed E-state index contributed by atoms with van der Waals surface area (Å²) in [4.78, 5) is 0. The summed E-state index contributed by atoms with van der Waals surface area (Å²) in [5, 5.41) is 3.26. The molecule has 19 heavy (non-hydrogen) atoms. The number of thioether (sulfide) groups is 1. The van der Waals surface area contributed by atoms with Crippen molar-refractivity contribution in [3.8, 4) is 0 Å². The van der Waals surface area contributed by atoms with E-state index in [0.717, 1.165) is 16.6 Å². The van der Waals surface area contributed by atoms with Gasteiger partial charge in [0.15, 0.2) is 0 Å². The van der Waals surface area contributed by atoms with Crippen molar-refractivity contribution in [2.24, 2.45) is 0 Å². The van der Waals surface area contributed by atoms with Crippen LogP contribution in [0.15, 0.2) is 60.7 Å². The average Bonchev–Trinajstić information content (AvgIpc) is 2.45. The molecule has 1 nitrogen and oxygen atoms in total. The van der Waals surface area contributed by atoms with Crippen LogP contribution in [0.4, 0.5) is 0 Å². The summed E-state index contributed by atoms with van der Waals surface area (Å²) in [6.07, 6.45) is 0. The van der Waals surface area contributed by atoms with Gasteiger partial charge in [0, 0.05) is 12.3 Å². The minimum absolute atomic E-state index is 0. The van der Waals surface area contributed by atoms with Gasteiger partial charge in [0.1, 0.15) is 4.32 Å². The summed E-state index contributed by atoms with van der Waals surface area (Å²) < 4.78 is 0.850. The van der Waals surface area contributed by atoms with Crippen LogP contribution in [0.1, 0.15) is 11.1 Å². The van der Waals surface area contributed by atoms with Crippen molar-refractivity contribution in [1.29, 1.82) is 0 Å². The van der Waals surface area contributed by atoms with Gasteiger partial charge in [0.05, 0.1) is 0 Å². The van der Waals surface area contributed by atoms with Crippen LogP contribution in [-0.4, -0.2) is 53.2 Å². The molecule has 0 aliphatic carbocycles. The molecular formula is C15H17BaNS2. The summed E-state index contributed by atoms with van der Waals surface area (Å²) in [7, 11) is 0. The number of benzene rings is 2. The Labute approximate surface area is 164 Å². The maximum absolute atomic E-state index is 5.30. The standard InChI is InChI=1S/C15H15NS2.Ba.2H/c17-15(16-11-13-7-3-1-4-8-13)18-12-14-9-5-2-6-10-14;;;/h1-10H,11-12H2,(H,16,17);;;. The van der Waals surface area contributed by atoms with Crippen molar-refractivity contribution in [3.63, 3.8) is 0 Å². The quantitative estimate of drug-likeness (QED) is 0.612. The van der Waals surface area contributed by atoms with E-state index < -0.39 is 0 Å². The van der Waals surface area contributed by atoms with Gasteiger partial charge in [-0.2, -0.15) is 0 Å². The van der Waals surface area contributed by atoms with Crippen LogP contribution < -0.4 is 5.32 Å². The molecule has 0 aliphatic heterocycles. The van der Waals surface area contributed by atoms with E-state index in [1.54, 1.807) is 11.8 Å². The first kappa shape index (κ1) is 17.3. The van der Waals surface area contributed by atoms with Gasteiger partial charge in [-0.05, 0) is 11.1 Å². The molecule has 2 rings (SSSR count). The predicted molar refractivity (Wildman–Crippen MR) is 92.2 cm³/mol. The molecule has 0 unspecified atom stereocenters. The molecule has 0 saturated heterocycles. The van der Waals surface area contributed by atoms with Crippen molar-refractivity contribution in [1.82, 2.24) is 5.32 Å². The zero-order valence-corrected chi connectivity index (χ0v) is 11.6. The fourth-order valence-corrected chi connectivity index (χ4v) is 2.46. The average molecular weight is 413 g/mol. The molecule has 4 heteroatoms. The van der Waals surface area contributed by atoms with E-state index in [0.29, 0.717) is 0 Å². The third-order valence-electron chi connectivity index (χ3n) is 2.49. The Morgan fingerprint density at radius 1 is 0.895 bits per heavy atom. The molecule has 0 heterocycles. The van der Waals surface area contributed by atoms with Crippen LogP contribution in [0.3, 0.4) is 0 Å². The number of rotatable bonds is 4. The molecule has 0 spiro atoms. The molecule has 0 saturated carbocycles. The molecule has 96 valence electrons. The first-order chi connectivity index (χ1) is 8.84. The van der Waals surface area contributed by atoms with Crippen LogP contribution in [0.25, 0.3) is 0 Å². The molecule has 0 radical (unpaired) electrons. The predicted octanol–water partition coefficient (Wildman–Crippen LogP) is 3.08. The fourth-order valence-electron chi connectivity index (χ4n) is 1.54. The van der Waals surface area contributed by atoms with Crippen LogP contribution >= 0.6 is 24.0 Å². The second-order valence-electron chi connectivity index (χ2n) is 3.90. The molecule has 0 fully saturated rings. The Bertz CT molecular complexity index is 443. The van der Waals surface area contributed by atoms with E-state index >= 15 is 0 Å². The van der Waals surface area contributed by atoms with Crippen LogP contribution in [0.5, 0.6) is 0 Å². The Morgan fingerprint density at radius 3 is 2.00 bits per heavy atom. The first-order valence-corrected chi connectivity index (χ1v) is 7.22. The van der Waals surface area contributed by atoms with Crippen LogP contribution in [0, 0.1) is 0 Å². The number of hydrogen-bond donors (Lipinski definition) is 1. The van der Waals surface area contributed by atoms with Gasteiger partial charge < -0.3 is 5.32 Å². The zero-order chi connectivity index (χ0) is 12.6. The van der Waals surface area contributed by atoms with E-state index in [4.69, 9.17) is 12.2 Å². The second kappa shape index (κ2) is 10.0.